The first-order chi connectivity index (χ1) is 14.6. The zero-order chi connectivity index (χ0) is 20.9. The number of hydrogen-bond donors (Lipinski definition) is 1. The number of halogens is 1. The van der Waals surface area contributed by atoms with E-state index in [9.17, 15) is 9.59 Å². The van der Waals surface area contributed by atoms with Crippen LogP contribution >= 0.6 is 11.6 Å². The minimum Gasteiger partial charge on any atom is -0.460 e. The molecule has 0 radical (unpaired) electrons. The Morgan fingerprint density at radius 2 is 2.03 bits per heavy atom. The van der Waals surface area contributed by atoms with E-state index in [1.165, 1.54) is 0 Å². The summed E-state index contributed by atoms with van der Waals surface area (Å²) in [7, 11) is 0. The van der Waals surface area contributed by atoms with E-state index in [1.54, 1.807) is 19.1 Å². The van der Waals surface area contributed by atoms with Gasteiger partial charge in [-0.15, -0.1) is 5.10 Å². The molecule has 5 rings (SSSR count). The minimum absolute atomic E-state index is 0.0678. The highest BCUT2D eigenvalue weighted by Crippen LogP contribution is 2.53. The summed E-state index contributed by atoms with van der Waals surface area (Å²) in [6.45, 7) is 2.00. The van der Waals surface area contributed by atoms with Crippen LogP contribution in [0.3, 0.4) is 0 Å². The van der Waals surface area contributed by atoms with Gasteiger partial charge in [0.2, 0.25) is 11.7 Å². The van der Waals surface area contributed by atoms with Gasteiger partial charge in [0.15, 0.2) is 5.66 Å². The van der Waals surface area contributed by atoms with Crippen molar-refractivity contribution in [3.8, 4) is 0 Å². The van der Waals surface area contributed by atoms with Crippen LogP contribution in [-0.2, 0) is 14.3 Å². The molecule has 0 aromatic heterocycles. The number of para-hydroxylation sites is 2. The van der Waals surface area contributed by atoms with Gasteiger partial charge in [0.1, 0.15) is 0 Å². The Kier molecular flexibility index (Phi) is 4.43. The second-order valence-electron chi connectivity index (χ2n) is 7.60. The van der Waals surface area contributed by atoms with Gasteiger partial charge in [0, 0.05) is 5.02 Å². The van der Waals surface area contributed by atoms with Crippen LogP contribution in [0, 0.1) is 5.92 Å². The molecule has 0 unspecified atom stereocenters. The number of ether oxygens (including phenoxy) is 1. The lowest BCUT2D eigenvalue weighted by Gasteiger charge is -2.43. The van der Waals surface area contributed by atoms with Gasteiger partial charge in [0.25, 0.3) is 0 Å². The second-order valence-corrected chi connectivity index (χ2v) is 8.03. The molecule has 1 fully saturated rings. The highest BCUT2D eigenvalue weighted by atomic mass is 35.5. The molecule has 8 heteroatoms. The molecule has 2 aromatic rings. The number of amidine groups is 1. The number of nitrogens with zero attached hydrogens (tertiary/aromatic N) is 3. The summed E-state index contributed by atoms with van der Waals surface area (Å²) in [6, 6.07) is 14.8. The van der Waals surface area contributed by atoms with E-state index in [2.05, 4.69) is 5.32 Å². The molecule has 3 aliphatic rings. The van der Waals surface area contributed by atoms with Crippen molar-refractivity contribution >= 4 is 46.4 Å². The summed E-state index contributed by atoms with van der Waals surface area (Å²) in [5, 5.41) is 10.2. The van der Waals surface area contributed by atoms with E-state index in [0.29, 0.717) is 23.6 Å². The molecule has 0 bridgehead atoms. The fourth-order valence-corrected chi connectivity index (χ4v) is 4.97. The van der Waals surface area contributed by atoms with Crippen LogP contribution in [0.5, 0.6) is 0 Å². The lowest BCUT2D eigenvalue weighted by molar-refractivity contribution is -0.135. The Morgan fingerprint density at radius 3 is 2.80 bits per heavy atom. The normalized spacial score (nSPS) is 24.4. The van der Waals surface area contributed by atoms with Crippen molar-refractivity contribution in [3.63, 3.8) is 0 Å². The standard InChI is InChI=1S/C22H21ClN4O3/c1-2-30-21(29)19-25-27(15-11-9-14(23)10-12-15)22-13-5-6-16(22)20(28)24-17-7-3-4-8-18(17)26(19)22/h3-4,7-12,16H,2,5-6,13H2,1H3,(H,24,28)/t16-,22-/m1/s1. The van der Waals surface area contributed by atoms with Crippen molar-refractivity contribution in [2.24, 2.45) is 11.0 Å². The second kappa shape index (κ2) is 7.02. The molecule has 1 aliphatic carbocycles. The summed E-state index contributed by atoms with van der Waals surface area (Å²) in [5.41, 5.74) is 1.33. The van der Waals surface area contributed by atoms with Crippen molar-refractivity contribution in [3.05, 3.63) is 53.6 Å². The fraction of sp³-hybridized carbons (Fsp3) is 0.318. The first-order valence-electron chi connectivity index (χ1n) is 10.1. The van der Waals surface area contributed by atoms with Crippen molar-refractivity contribution in [1.29, 1.82) is 0 Å². The summed E-state index contributed by atoms with van der Waals surface area (Å²) in [4.78, 5) is 28.2. The third-order valence-electron chi connectivity index (χ3n) is 6.00. The van der Waals surface area contributed by atoms with Crippen molar-refractivity contribution in [2.45, 2.75) is 31.8 Å². The van der Waals surface area contributed by atoms with Crippen LogP contribution in [0.4, 0.5) is 17.1 Å². The van der Waals surface area contributed by atoms with Crippen molar-refractivity contribution < 1.29 is 14.3 Å². The minimum atomic E-state index is -0.827. The molecule has 2 aliphatic heterocycles. The molecule has 154 valence electrons. The van der Waals surface area contributed by atoms with Gasteiger partial charge in [-0.1, -0.05) is 23.7 Å². The topological polar surface area (TPSA) is 74.2 Å². The van der Waals surface area contributed by atoms with E-state index < -0.39 is 11.6 Å². The Hall–Kier alpha value is -3.06. The SMILES string of the molecule is CCOC(=O)C1=NN(c2ccc(Cl)cc2)[C@]23CCC[C@@H]2C(=O)Nc2ccccc2N13. The number of carbonyl (C=O) groups is 2. The number of esters is 1. The summed E-state index contributed by atoms with van der Waals surface area (Å²) >= 11 is 6.10. The maximum atomic E-state index is 13.3. The zero-order valence-electron chi connectivity index (χ0n) is 16.5. The number of nitrogens with one attached hydrogen (secondary N) is 1. The molecular weight excluding hydrogens is 404 g/mol. The van der Waals surface area contributed by atoms with Gasteiger partial charge in [-0.2, -0.15) is 0 Å². The van der Waals surface area contributed by atoms with Gasteiger partial charge < -0.3 is 10.1 Å². The number of rotatable bonds is 3. The van der Waals surface area contributed by atoms with Crippen LogP contribution in [0.25, 0.3) is 0 Å². The van der Waals surface area contributed by atoms with Crippen molar-refractivity contribution in [2.75, 3.05) is 21.8 Å². The average Bonchev–Trinajstić information content (AvgIpc) is 3.30. The molecule has 0 saturated heterocycles. The number of hydrazone groups is 1. The van der Waals surface area contributed by atoms with Crippen molar-refractivity contribution in [1.82, 2.24) is 0 Å². The number of hydrogen-bond acceptors (Lipinski definition) is 6. The number of anilines is 3. The molecule has 30 heavy (non-hydrogen) atoms. The predicted molar refractivity (Wildman–Crippen MR) is 116 cm³/mol. The quantitative estimate of drug-likeness (QED) is 0.754. The molecule has 2 aromatic carbocycles. The lowest BCUT2D eigenvalue weighted by Crippen LogP contribution is -2.61. The maximum Gasteiger partial charge on any atom is 0.376 e. The average molecular weight is 425 g/mol. The van der Waals surface area contributed by atoms with E-state index >= 15 is 0 Å². The highest BCUT2D eigenvalue weighted by molar-refractivity contribution is 6.43. The Balaban J connectivity index is 1.76. The monoisotopic (exact) mass is 424 g/mol. The molecule has 1 amide bonds. The van der Waals surface area contributed by atoms with Gasteiger partial charge in [-0.05, 0) is 62.6 Å². The van der Waals surface area contributed by atoms with Gasteiger partial charge in [0.05, 0.1) is 29.6 Å². The van der Waals surface area contributed by atoms with Crippen LogP contribution in [0.1, 0.15) is 26.2 Å². The van der Waals surface area contributed by atoms with Gasteiger partial charge in [-0.3, -0.25) is 9.69 Å². The number of fused-ring (bicyclic) bond motifs is 2. The van der Waals surface area contributed by atoms with Crippen LogP contribution in [-0.4, -0.2) is 30.0 Å². The van der Waals surface area contributed by atoms with E-state index in [1.807, 2.05) is 46.3 Å². The van der Waals surface area contributed by atoms with E-state index in [4.69, 9.17) is 21.4 Å². The lowest BCUT2D eigenvalue weighted by atomic mass is 9.92. The van der Waals surface area contributed by atoms with Crippen LogP contribution in [0.2, 0.25) is 5.02 Å². The summed E-state index contributed by atoms with van der Waals surface area (Å²) in [5.74, 6) is -0.774. The molecule has 2 atom stereocenters. The van der Waals surface area contributed by atoms with Crippen LogP contribution < -0.4 is 15.2 Å². The Morgan fingerprint density at radius 1 is 1.27 bits per heavy atom. The summed E-state index contributed by atoms with van der Waals surface area (Å²) < 4.78 is 5.34. The summed E-state index contributed by atoms with van der Waals surface area (Å²) in [6.07, 6.45) is 2.22. The molecule has 1 spiro atoms. The molecular formula is C22H21ClN4O3. The number of carbonyl (C=O) groups excluding carboxylic acids is 2. The fourth-order valence-electron chi connectivity index (χ4n) is 4.85. The third-order valence-corrected chi connectivity index (χ3v) is 6.26. The third kappa shape index (κ3) is 2.61. The van der Waals surface area contributed by atoms with Crippen LogP contribution in [0.15, 0.2) is 53.6 Å². The highest BCUT2D eigenvalue weighted by Gasteiger charge is 2.62. The van der Waals surface area contributed by atoms with Gasteiger partial charge in [-0.25, -0.2) is 9.80 Å². The van der Waals surface area contributed by atoms with Gasteiger partial charge >= 0.3 is 5.97 Å². The number of benzene rings is 2. The zero-order valence-corrected chi connectivity index (χ0v) is 17.2. The molecule has 1 saturated carbocycles. The first-order valence-corrected chi connectivity index (χ1v) is 10.5. The maximum absolute atomic E-state index is 13.3. The molecule has 7 nitrogen and oxygen atoms in total. The smallest absolute Gasteiger partial charge is 0.376 e. The number of amides is 1. The molecule has 1 N–H and O–H groups in total. The Bertz CT molecular complexity index is 1050. The Labute approximate surface area is 179 Å². The molecule has 2 heterocycles. The predicted octanol–water partition coefficient (Wildman–Crippen LogP) is 3.99. The van der Waals surface area contributed by atoms with E-state index in [-0.39, 0.29) is 24.3 Å². The van der Waals surface area contributed by atoms with E-state index in [0.717, 1.165) is 17.8 Å². The largest absolute Gasteiger partial charge is 0.460 e. The first kappa shape index (κ1) is 18.9.